The molecule has 2 fully saturated rings. The number of benzene rings is 1. The standard InChI is InChI=1S/C20H25N3O4/c1-11-14-3-2-4-15(18(21)24)17(14)19(25)23(11)13-5-7-22(8-6-13)10-12-9-16(12)20(26)27/h2-4,11-13,16H,5-10H2,1H3,(H2,21,24)(H,26,27). The number of carbonyl (C=O) groups is 3. The van der Waals surface area contributed by atoms with E-state index in [0.717, 1.165) is 44.5 Å². The summed E-state index contributed by atoms with van der Waals surface area (Å²) in [6, 6.07) is 5.36. The minimum atomic E-state index is -0.686. The zero-order valence-electron chi connectivity index (χ0n) is 15.4. The number of likely N-dealkylation sites (tertiary alicyclic amines) is 1. The van der Waals surface area contributed by atoms with Crippen molar-refractivity contribution in [3.8, 4) is 0 Å². The van der Waals surface area contributed by atoms with Crippen molar-refractivity contribution >= 4 is 17.8 Å². The van der Waals surface area contributed by atoms with Gasteiger partial charge in [0.1, 0.15) is 0 Å². The van der Waals surface area contributed by atoms with Crippen LogP contribution in [0.3, 0.4) is 0 Å². The second-order valence-corrected chi connectivity index (χ2v) is 7.99. The lowest BCUT2D eigenvalue weighted by Gasteiger charge is -2.39. The number of carboxylic acid groups (broad SMARTS) is 1. The second-order valence-electron chi connectivity index (χ2n) is 7.99. The summed E-state index contributed by atoms with van der Waals surface area (Å²) in [4.78, 5) is 40.0. The van der Waals surface area contributed by atoms with Crippen molar-refractivity contribution in [1.82, 2.24) is 9.80 Å². The quantitative estimate of drug-likeness (QED) is 0.816. The largest absolute Gasteiger partial charge is 0.481 e. The zero-order chi connectivity index (χ0) is 19.3. The Morgan fingerprint density at radius 2 is 1.96 bits per heavy atom. The van der Waals surface area contributed by atoms with Crippen LogP contribution in [-0.4, -0.2) is 58.4 Å². The monoisotopic (exact) mass is 371 g/mol. The number of piperidine rings is 1. The molecule has 3 unspecified atom stereocenters. The van der Waals surface area contributed by atoms with E-state index in [9.17, 15) is 14.4 Å². The molecule has 4 rings (SSSR count). The van der Waals surface area contributed by atoms with Crippen molar-refractivity contribution in [3.05, 3.63) is 34.9 Å². The fourth-order valence-electron chi connectivity index (χ4n) is 4.76. The number of hydrogen-bond donors (Lipinski definition) is 2. The molecule has 2 heterocycles. The Balaban J connectivity index is 1.42. The number of carboxylic acids is 1. The molecule has 2 amide bonds. The molecule has 0 bridgehead atoms. The number of primary amides is 1. The Bertz CT molecular complexity index is 800. The molecule has 144 valence electrons. The smallest absolute Gasteiger partial charge is 0.306 e. The van der Waals surface area contributed by atoms with Gasteiger partial charge >= 0.3 is 5.97 Å². The first-order valence-electron chi connectivity index (χ1n) is 9.59. The summed E-state index contributed by atoms with van der Waals surface area (Å²) < 4.78 is 0. The van der Waals surface area contributed by atoms with Gasteiger partial charge in [-0.1, -0.05) is 12.1 Å². The van der Waals surface area contributed by atoms with E-state index in [1.165, 1.54) is 0 Å². The average Bonchev–Trinajstić information content (AvgIpc) is 3.36. The van der Waals surface area contributed by atoms with E-state index in [-0.39, 0.29) is 29.8 Å². The second kappa shape index (κ2) is 6.64. The van der Waals surface area contributed by atoms with E-state index in [0.29, 0.717) is 11.1 Å². The summed E-state index contributed by atoms with van der Waals surface area (Å²) in [7, 11) is 0. The molecule has 0 aromatic heterocycles. The maximum Gasteiger partial charge on any atom is 0.306 e. The summed E-state index contributed by atoms with van der Waals surface area (Å²) in [5.41, 5.74) is 7.10. The first-order valence-corrected chi connectivity index (χ1v) is 9.59. The minimum Gasteiger partial charge on any atom is -0.481 e. The summed E-state index contributed by atoms with van der Waals surface area (Å²) in [5.74, 6) is -1.26. The first-order chi connectivity index (χ1) is 12.9. The van der Waals surface area contributed by atoms with Gasteiger partial charge in [-0.05, 0) is 43.7 Å². The maximum atomic E-state index is 13.1. The molecule has 1 aromatic carbocycles. The Kier molecular flexibility index (Phi) is 4.42. The molecule has 3 aliphatic rings. The topological polar surface area (TPSA) is 104 Å². The van der Waals surface area contributed by atoms with Gasteiger partial charge in [-0.15, -0.1) is 0 Å². The minimum absolute atomic E-state index is 0.0665. The van der Waals surface area contributed by atoms with Gasteiger partial charge in [0.25, 0.3) is 5.91 Å². The Hall–Kier alpha value is -2.41. The summed E-state index contributed by atoms with van der Waals surface area (Å²) in [5, 5.41) is 9.05. The molecule has 3 N–H and O–H groups in total. The van der Waals surface area contributed by atoms with Gasteiger partial charge in [-0.25, -0.2) is 0 Å². The highest BCUT2D eigenvalue weighted by Gasteiger charge is 2.45. The van der Waals surface area contributed by atoms with Crippen molar-refractivity contribution in [2.75, 3.05) is 19.6 Å². The predicted molar refractivity (Wildman–Crippen MR) is 98.2 cm³/mol. The third-order valence-electron chi connectivity index (χ3n) is 6.36. The van der Waals surface area contributed by atoms with Gasteiger partial charge in [0.15, 0.2) is 0 Å². The lowest BCUT2D eigenvalue weighted by Crippen LogP contribution is -2.46. The molecule has 1 saturated heterocycles. The van der Waals surface area contributed by atoms with Crippen LogP contribution in [0.5, 0.6) is 0 Å². The number of carbonyl (C=O) groups excluding carboxylic acids is 2. The molecule has 2 aliphatic heterocycles. The van der Waals surface area contributed by atoms with Crippen molar-refractivity contribution in [2.45, 2.75) is 38.3 Å². The third kappa shape index (κ3) is 3.10. The number of rotatable bonds is 5. The van der Waals surface area contributed by atoms with E-state index in [1.807, 2.05) is 17.9 Å². The zero-order valence-corrected chi connectivity index (χ0v) is 15.4. The number of fused-ring (bicyclic) bond motifs is 1. The highest BCUT2D eigenvalue weighted by molar-refractivity contribution is 6.09. The molecular weight excluding hydrogens is 346 g/mol. The molecule has 7 heteroatoms. The Labute approximate surface area is 158 Å². The van der Waals surface area contributed by atoms with Crippen LogP contribution in [0.15, 0.2) is 18.2 Å². The molecule has 0 radical (unpaired) electrons. The summed E-state index contributed by atoms with van der Waals surface area (Å²) >= 11 is 0. The SMILES string of the molecule is CC1c2cccc(C(N)=O)c2C(=O)N1C1CCN(CC2CC2C(=O)O)CC1. The van der Waals surface area contributed by atoms with E-state index in [4.69, 9.17) is 10.8 Å². The normalized spacial score (nSPS) is 28.3. The van der Waals surface area contributed by atoms with Gasteiger partial charge in [0.05, 0.1) is 23.1 Å². The van der Waals surface area contributed by atoms with E-state index >= 15 is 0 Å². The van der Waals surface area contributed by atoms with Gasteiger partial charge in [0.2, 0.25) is 5.91 Å². The average molecular weight is 371 g/mol. The van der Waals surface area contributed by atoms with Crippen molar-refractivity contribution in [1.29, 1.82) is 0 Å². The molecule has 7 nitrogen and oxygen atoms in total. The number of nitrogens with two attached hydrogens (primary N) is 1. The van der Waals surface area contributed by atoms with Crippen molar-refractivity contribution in [2.24, 2.45) is 17.6 Å². The third-order valence-corrected chi connectivity index (χ3v) is 6.36. The Morgan fingerprint density at radius 1 is 1.26 bits per heavy atom. The molecule has 27 heavy (non-hydrogen) atoms. The molecule has 1 aliphatic carbocycles. The van der Waals surface area contributed by atoms with Crippen molar-refractivity contribution < 1.29 is 19.5 Å². The summed E-state index contributed by atoms with van der Waals surface area (Å²) in [6.45, 7) is 4.56. The van der Waals surface area contributed by atoms with Crippen LogP contribution in [0, 0.1) is 11.8 Å². The van der Waals surface area contributed by atoms with Crippen LogP contribution >= 0.6 is 0 Å². The van der Waals surface area contributed by atoms with Crippen LogP contribution in [0.1, 0.15) is 58.5 Å². The number of hydrogen-bond acceptors (Lipinski definition) is 4. The fourth-order valence-corrected chi connectivity index (χ4v) is 4.76. The van der Waals surface area contributed by atoms with E-state index in [1.54, 1.807) is 12.1 Å². The predicted octanol–water partition coefficient (Wildman–Crippen LogP) is 1.49. The van der Waals surface area contributed by atoms with Gasteiger partial charge < -0.3 is 20.6 Å². The fraction of sp³-hybridized carbons (Fsp3) is 0.550. The van der Waals surface area contributed by atoms with Crippen LogP contribution in [-0.2, 0) is 4.79 Å². The molecule has 0 spiro atoms. The van der Waals surface area contributed by atoms with E-state index < -0.39 is 11.9 Å². The van der Waals surface area contributed by atoms with Crippen LogP contribution in [0.25, 0.3) is 0 Å². The lowest BCUT2D eigenvalue weighted by atomic mass is 9.99. The summed E-state index contributed by atoms with van der Waals surface area (Å²) in [6.07, 6.45) is 2.50. The highest BCUT2D eigenvalue weighted by atomic mass is 16.4. The van der Waals surface area contributed by atoms with Crippen LogP contribution in [0.2, 0.25) is 0 Å². The lowest BCUT2D eigenvalue weighted by molar-refractivity contribution is -0.138. The first kappa shape index (κ1) is 18.0. The highest BCUT2D eigenvalue weighted by Crippen LogP contribution is 2.41. The molecular formula is C20H25N3O4. The number of aliphatic carboxylic acids is 1. The van der Waals surface area contributed by atoms with Crippen LogP contribution in [0.4, 0.5) is 0 Å². The van der Waals surface area contributed by atoms with Gasteiger partial charge in [-0.2, -0.15) is 0 Å². The number of nitrogens with zero attached hydrogens (tertiary/aromatic N) is 2. The maximum absolute atomic E-state index is 13.1. The molecule has 1 saturated carbocycles. The molecule has 1 aromatic rings. The molecule has 3 atom stereocenters. The van der Waals surface area contributed by atoms with Gasteiger partial charge in [0, 0.05) is 25.7 Å². The van der Waals surface area contributed by atoms with Crippen molar-refractivity contribution in [3.63, 3.8) is 0 Å². The van der Waals surface area contributed by atoms with Crippen LogP contribution < -0.4 is 5.73 Å². The Morgan fingerprint density at radius 3 is 2.56 bits per heavy atom. The number of amides is 2. The van der Waals surface area contributed by atoms with Gasteiger partial charge in [-0.3, -0.25) is 14.4 Å². The van der Waals surface area contributed by atoms with E-state index in [2.05, 4.69) is 4.90 Å².